The SMILES string of the molecule is Cl.Nc1ncc(CN2CCCC(CS(N)(=O)=O)C2)s1. The molecule has 9 heteroatoms. The van der Waals surface area contributed by atoms with Crippen LogP contribution >= 0.6 is 23.7 Å². The summed E-state index contributed by atoms with van der Waals surface area (Å²) in [6.45, 7) is 2.54. The molecular formula is C10H19ClN4O2S2. The Balaban J connectivity index is 0.00000180. The van der Waals surface area contributed by atoms with Crippen LogP contribution in [0.25, 0.3) is 0 Å². The Bertz CT molecular complexity index is 505. The number of primary sulfonamides is 1. The molecule has 0 spiro atoms. The molecule has 1 saturated heterocycles. The second kappa shape index (κ2) is 6.85. The molecule has 2 heterocycles. The second-order valence-electron chi connectivity index (χ2n) is 4.74. The summed E-state index contributed by atoms with van der Waals surface area (Å²) in [5.41, 5.74) is 5.59. The molecule has 1 unspecified atom stereocenters. The molecule has 1 atom stereocenters. The number of nitrogen functional groups attached to an aromatic ring is 1. The lowest BCUT2D eigenvalue weighted by Crippen LogP contribution is -2.38. The van der Waals surface area contributed by atoms with Crippen molar-refractivity contribution in [1.29, 1.82) is 0 Å². The molecule has 0 saturated carbocycles. The Kier molecular flexibility index (Phi) is 6.00. The van der Waals surface area contributed by atoms with Gasteiger partial charge in [-0.05, 0) is 25.3 Å². The molecule has 19 heavy (non-hydrogen) atoms. The van der Waals surface area contributed by atoms with Gasteiger partial charge < -0.3 is 5.73 Å². The van der Waals surface area contributed by atoms with E-state index in [0.717, 1.165) is 37.4 Å². The van der Waals surface area contributed by atoms with Crippen LogP contribution in [-0.2, 0) is 16.6 Å². The van der Waals surface area contributed by atoms with E-state index in [1.54, 1.807) is 6.20 Å². The van der Waals surface area contributed by atoms with E-state index >= 15 is 0 Å². The minimum absolute atomic E-state index is 0. The van der Waals surface area contributed by atoms with Crippen molar-refractivity contribution in [3.05, 3.63) is 11.1 Å². The fraction of sp³-hybridized carbons (Fsp3) is 0.700. The average Bonchev–Trinajstić information content (AvgIpc) is 2.62. The van der Waals surface area contributed by atoms with Gasteiger partial charge >= 0.3 is 0 Å². The Labute approximate surface area is 123 Å². The van der Waals surface area contributed by atoms with Crippen LogP contribution in [0, 0.1) is 5.92 Å². The predicted octanol–water partition coefficient (Wildman–Crippen LogP) is 0.648. The first-order chi connectivity index (χ1) is 8.42. The fourth-order valence-electron chi connectivity index (χ4n) is 2.38. The van der Waals surface area contributed by atoms with Crippen LogP contribution in [0.4, 0.5) is 5.13 Å². The maximum Gasteiger partial charge on any atom is 0.209 e. The molecule has 1 aliphatic rings. The normalized spacial score (nSPS) is 21.0. The van der Waals surface area contributed by atoms with Gasteiger partial charge in [0.05, 0.1) is 5.75 Å². The Morgan fingerprint density at radius 3 is 2.84 bits per heavy atom. The molecule has 0 bridgehead atoms. The van der Waals surface area contributed by atoms with Crippen molar-refractivity contribution in [2.45, 2.75) is 19.4 Å². The van der Waals surface area contributed by atoms with E-state index in [4.69, 9.17) is 10.9 Å². The molecule has 0 radical (unpaired) electrons. The smallest absolute Gasteiger partial charge is 0.209 e. The van der Waals surface area contributed by atoms with E-state index in [-0.39, 0.29) is 24.1 Å². The summed E-state index contributed by atoms with van der Waals surface area (Å²) in [6.07, 6.45) is 3.72. The van der Waals surface area contributed by atoms with Crippen molar-refractivity contribution in [2.24, 2.45) is 11.1 Å². The number of sulfonamides is 1. The molecular weight excluding hydrogens is 308 g/mol. The Hall–Kier alpha value is -0.410. The van der Waals surface area contributed by atoms with Crippen LogP contribution in [-0.4, -0.2) is 37.1 Å². The summed E-state index contributed by atoms with van der Waals surface area (Å²) in [5, 5.41) is 5.67. The Morgan fingerprint density at radius 1 is 1.53 bits per heavy atom. The van der Waals surface area contributed by atoms with Crippen LogP contribution in [0.3, 0.4) is 0 Å². The molecule has 1 aliphatic heterocycles. The maximum atomic E-state index is 11.1. The van der Waals surface area contributed by atoms with Gasteiger partial charge in [0, 0.05) is 24.2 Å². The number of nitrogens with zero attached hydrogens (tertiary/aromatic N) is 2. The van der Waals surface area contributed by atoms with Gasteiger partial charge in [0.2, 0.25) is 10.0 Å². The number of likely N-dealkylation sites (tertiary alicyclic amines) is 1. The van der Waals surface area contributed by atoms with Gasteiger partial charge in [0.15, 0.2) is 5.13 Å². The van der Waals surface area contributed by atoms with Crippen molar-refractivity contribution in [3.8, 4) is 0 Å². The highest BCUT2D eigenvalue weighted by Gasteiger charge is 2.23. The summed E-state index contributed by atoms with van der Waals surface area (Å²) >= 11 is 1.48. The number of nitrogens with two attached hydrogens (primary N) is 2. The molecule has 1 aromatic rings. The summed E-state index contributed by atoms with van der Waals surface area (Å²) in [7, 11) is -3.37. The third-order valence-corrected chi connectivity index (χ3v) is 4.77. The largest absolute Gasteiger partial charge is 0.375 e. The highest BCUT2D eigenvalue weighted by atomic mass is 35.5. The third kappa shape index (κ3) is 5.62. The lowest BCUT2D eigenvalue weighted by molar-refractivity contribution is 0.179. The van der Waals surface area contributed by atoms with E-state index in [1.807, 2.05) is 0 Å². The van der Waals surface area contributed by atoms with E-state index in [2.05, 4.69) is 9.88 Å². The second-order valence-corrected chi connectivity index (χ2v) is 7.54. The van der Waals surface area contributed by atoms with Gasteiger partial charge in [-0.2, -0.15) is 0 Å². The molecule has 4 N–H and O–H groups in total. The van der Waals surface area contributed by atoms with E-state index in [9.17, 15) is 8.42 Å². The first kappa shape index (κ1) is 16.6. The maximum absolute atomic E-state index is 11.1. The van der Waals surface area contributed by atoms with Gasteiger partial charge in [-0.1, -0.05) is 0 Å². The fourth-order valence-corrected chi connectivity index (χ4v) is 4.03. The minimum atomic E-state index is -3.37. The molecule has 110 valence electrons. The van der Waals surface area contributed by atoms with Crippen LogP contribution in [0.2, 0.25) is 0 Å². The van der Waals surface area contributed by atoms with Crippen LogP contribution < -0.4 is 10.9 Å². The lowest BCUT2D eigenvalue weighted by Gasteiger charge is -2.31. The number of piperidine rings is 1. The van der Waals surface area contributed by atoms with Gasteiger partial charge in [0.25, 0.3) is 0 Å². The third-order valence-electron chi connectivity index (χ3n) is 3.02. The number of rotatable bonds is 4. The molecule has 6 nitrogen and oxygen atoms in total. The Morgan fingerprint density at radius 2 is 2.26 bits per heavy atom. The van der Waals surface area contributed by atoms with Crippen molar-refractivity contribution >= 4 is 38.9 Å². The summed E-state index contributed by atoms with van der Waals surface area (Å²) in [6, 6.07) is 0. The number of thiazole rings is 1. The number of hydrogen-bond donors (Lipinski definition) is 2. The van der Waals surface area contributed by atoms with Gasteiger partial charge in [-0.15, -0.1) is 23.7 Å². The monoisotopic (exact) mass is 326 g/mol. The summed E-state index contributed by atoms with van der Waals surface area (Å²) in [5.74, 6) is 0.216. The first-order valence-corrected chi connectivity index (χ1v) is 8.38. The topological polar surface area (TPSA) is 102 Å². The molecule has 1 aromatic heterocycles. The number of anilines is 1. The van der Waals surface area contributed by atoms with E-state index in [0.29, 0.717) is 5.13 Å². The number of hydrogen-bond acceptors (Lipinski definition) is 6. The van der Waals surface area contributed by atoms with Gasteiger partial charge in [-0.25, -0.2) is 18.5 Å². The van der Waals surface area contributed by atoms with Crippen LogP contribution in [0.15, 0.2) is 6.20 Å². The lowest BCUT2D eigenvalue weighted by atomic mass is 10.0. The zero-order valence-electron chi connectivity index (χ0n) is 10.5. The zero-order chi connectivity index (χ0) is 13.2. The highest BCUT2D eigenvalue weighted by molar-refractivity contribution is 7.89. The summed E-state index contributed by atoms with van der Waals surface area (Å²) in [4.78, 5) is 7.37. The molecule has 1 fully saturated rings. The predicted molar refractivity (Wildman–Crippen MR) is 79.7 cm³/mol. The molecule has 0 aromatic carbocycles. The van der Waals surface area contributed by atoms with Crippen LogP contribution in [0.5, 0.6) is 0 Å². The standard InChI is InChI=1S/C10H18N4O2S2.ClH/c11-10-13-4-9(17-10)6-14-3-1-2-8(5-14)7-18(12,15)16;/h4,8H,1-3,5-7H2,(H2,11,13)(H2,12,15,16);1H. The van der Waals surface area contributed by atoms with Crippen molar-refractivity contribution in [3.63, 3.8) is 0 Å². The molecule has 0 amide bonds. The number of aromatic nitrogens is 1. The highest BCUT2D eigenvalue weighted by Crippen LogP contribution is 2.22. The zero-order valence-corrected chi connectivity index (χ0v) is 12.9. The minimum Gasteiger partial charge on any atom is -0.375 e. The summed E-state index contributed by atoms with van der Waals surface area (Å²) < 4.78 is 22.2. The first-order valence-electron chi connectivity index (χ1n) is 5.85. The van der Waals surface area contributed by atoms with E-state index in [1.165, 1.54) is 11.3 Å². The van der Waals surface area contributed by atoms with Crippen molar-refractivity contribution < 1.29 is 8.42 Å². The van der Waals surface area contributed by atoms with Gasteiger partial charge in [0.1, 0.15) is 0 Å². The van der Waals surface area contributed by atoms with Gasteiger partial charge in [-0.3, -0.25) is 4.90 Å². The quantitative estimate of drug-likeness (QED) is 0.845. The van der Waals surface area contributed by atoms with E-state index < -0.39 is 10.0 Å². The molecule has 2 rings (SSSR count). The average molecular weight is 327 g/mol. The van der Waals surface area contributed by atoms with Crippen molar-refractivity contribution in [1.82, 2.24) is 9.88 Å². The molecule has 0 aliphatic carbocycles. The number of halogens is 1. The van der Waals surface area contributed by atoms with Crippen molar-refractivity contribution in [2.75, 3.05) is 24.6 Å². The van der Waals surface area contributed by atoms with Crippen LogP contribution in [0.1, 0.15) is 17.7 Å².